The highest BCUT2D eigenvalue weighted by molar-refractivity contribution is 7.65. The van der Waals surface area contributed by atoms with Gasteiger partial charge in [-0.1, -0.05) is 71.2 Å². The molecule has 0 aliphatic rings. The van der Waals surface area contributed by atoms with Crippen molar-refractivity contribution in [2.75, 3.05) is 10.2 Å². The molecule has 0 spiro atoms. The maximum atomic E-state index is 13.1. The standard InChI is InChI=1S/C14H13Cl3N3O2P/c15-14(16,17)13(21)20-23(22,18-11-7-3-1-4-8-11)19-12-9-5-2-6-10-12/h1-10H,(H3,18,19,20,21,22). The predicted molar refractivity (Wildman–Crippen MR) is 96.2 cm³/mol. The highest BCUT2D eigenvalue weighted by Gasteiger charge is 2.36. The van der Waals surface area contributed by atoms with Crippen LogP contribution in [-0.4, -0.2) is 9.70 Å². The third-order valence-corrected chi connectivity index (χ3v) is 4.82. The Morgan fingerprint density at radius 3 is 1.57 bits per heavy atom. The monoisotopic (exact) mass is 391 g/mol. The van der Waals surface area contributed by atoms with Crippen molar-refractivity contribution in [2.45, 2.75) is 3.79 Å². The molecule has 122 valence electrons. The Bertz CT molecular complexity index is 663. The fraction of sp³-hybridized carbons (Fsp3) is 0.0714. The van der Waals surface area contributed by atoms with Crippen LogP contribution in [0.4, 0.5) is 11.4 Å². The quantitative estimate of drug-likeness (QED) is 0.505. The third kappa shape index (κ3) is 5.63. The van der Waals surface area contributed by atoms with Gasteiger partial charge in [-0.3, -0.25) is 14.4 Å². The highest BCUT2D eigenvalue weighted by atomic mass is 35.6. The molecule has 2 rings (SSSR count). The van der Waals surface area contributed by atoms with E-state index in [9.17, 15) is 9.36 Å². The summed E-state index contributed by atoms with van der Waals surface area (Å²) in [5.74, 6) is -1.00. The molecule has 0 fully saturated rings. The predicted octanol–water partition coefficient (Wildman–Crippen LogP) is 4.81. The molecular weight excluding hydrogens is 380 g/mol. The molecule has 0 bridgehead atoms. The SMILES string of the molecule is O=C(NP(=O)(Nc1ccccc1)Nc1ccccc1)C(Cl)(Cl)Cl. The lowest BCUT2D eigenvalue weighted by Crippen LogP contribution is -2.36. The average Bonchev–Trinajstić information content (AvgIpc) is 2.47. The summed E-state index contributed by atoms with van der Waals surface area (Å²) in [7, 11) is -3.67. The lowest BCUT2D eigenvalue weighted by atomic mass is 10.3. The smallest absolute Gasteiger partial charge is 0.304 e. The van der Waals surface area contributed by atoms with Crippen molar-refractivity contribution in [3.63, 3.8) is 0 Å². The van der Waals surface area contributed by atoms with E-state index in [0.29, 0.717) is 11.4 Å². The molecule has 0 aliphatic carbocycles. The Labute approximate surface area is 148 Å². The van der Waals surface area contributed by atoms with Gasteiger partial charge in [0.25, 0.3) is 9.70 Å². The van der Waals surface area contributed by atoms with Gasteiger partial charge in [0.05, 0.1) is 0 Å². The Hall–Kier alpha value is -1.39. The molecule has 0 atom stereocenters. The molecule has 0 heterocycles. The van der Waals surface area contributed by atoms with E-state index in [2.05, 4.69) is 15.3 Å². The van der Waals surface area contributed by atoms with Crippen LogP contribution in [0.2, 0.25) is 0 Å². The number of alkyl halides is 3. The minimum atomic E-state index is -3.67. The minimum absolute atomic E-state index is 0.531. The first-order valence-electron chi connectivity index (χ1n) is 6.45. The fourth-order valence-corrected chi connectivity index (χ4v) is 3.67. The second-order valence-corrected chi connectivity index (χ2v) is 8.67. The topological polar surface area (TPSA) is 70.2 Å². The van der Waals surface area contributed by atoms with Gasteiger partial charge in [-0.2, -0.15) is 0 Å². The van der Waals surface area contributed by atoms with E-state index in [0.717, 1.165) is 0 Å². The summed E-state index contributed by atoms with van der Waals surface area (Å²) >= 11 is 16.6. The normalized spacial score (nSPS) is 11.6. The van der Waals surface area contributed by atoms with Crippen LogP contribution in [0.1, 0.15) is 0 Å². The van der Waals surface area contributed by atoms with Crippen molar-refractivity contribution < 1.29 is 9.36 Å². The van der Waals surface area contributed by atoms with Crippen molar-refractivity contribution in [1.29, 1.82) is 0 Å². The maximum absolute atomic E-state index is 13.1. The number of anilines is 2. The number of hydrogen-bond acceptors (Lipinski definition) is 2. The van der Waals surface area contributed by atoms with Crippen LogP contribution in [0.5, 0.6) is 0 Å². The zero-order valence-electron chi connectivity index (χ0n) is 11.7. The zero-order valence-corrected chi connectivity index (χ0v) is 14.8. The summed E-state index contributed by atoms with van der Waals surface area (Å²) in [4.78, 5) is 11.9. The van der Waals surface area contributed by atoms with Gasteiger partial charge < -0.3 is 10.2 Å². The molecule has 0 aromatic heterocycles. The van der Waals surface area contributed by atoms with Crippen molar-refractivity contribution in [3.8, 4) is 0 Å². The molecule has 0 unspecified atom stereocenters. The lowest BCUT2D eigenvalue weighted by molar-refractivity contribution is -0.118. The van der Waals surface area contributed by atoms with Crippen LogP contribution in [-0.2, 0) is 9.36 Å². The van der Waals surface area contributed by atoms with Gasteiger partial charge in [0.1, 0.15) is 0 Å². The van der Waals surface area contributed by atoms with Gasteiger partial charge in [-0.05, 0) is 24.3 Å². The van der Waals surface area contributed by atoms with Gasteiger partial charge in [0, 0.05) is 11.4 Å². The number of rotatable bonds is 5. The summed E-state index contributed by atoms with van der Waals surface area (Å²) in [6, 6.07) is 17.4. The van der Waals surface area contributed by atoms with E-state index in [1.54, 1.807) is 60.7 Å². The molecule has 2 aromatic rings. The summed E-state index contributed by atoms with van der Waals surface area (Å²) < 4.78 is 10.8. The summed E-state index contributed by atoms with van der Waals surface area (Å²) in [5.41, 5.74) is 1.06. The van der Waals surface area contributed by atoms with Crippen LogP contribution in [0, 0.1) is 0 Å². The number of halogens is 3. The van der Waals surface area contributed by atoms with E-state index in [-0.39, 0.29) is 0 Å². The van der Waals surface area contributed by atoms with E-state index >= 15 is 0 Å². The minimum Gasteiger partial charge on any atom is -0.304 e. The van der Waals surface area contributed by atoms with Gasteiger partial charge >= 0.3 is 7.59 Å². The zero-order chi connectivity index (χ0) is 16.9. The van der Waals surface area contributed by atoms with Gasteiger partial charge in [-0.25, -0.2) is 0 Å². The van der Waals surface area contributed by atoms with Gasteiger partial charge in [0.2, 0.25) is 0 Å². The Kier molecular flexibility index (Phi) is 5.82. The van der Waals surface area contributed by atoms with Crippen LogP contribution in [0.3, 0.4) is 0 Å². The van der Waals surface area contributed by atoms with Crippen molar-refractivity contribution >= 4 is 59.7 Å². The molecule has 3 N–H and O–H groups in total. The molecule has 5 nitrogen and oxygen atoms in total. The van der Waals surface area contributed by atoms with E-state index in [4.69, 9.17) is 34.8 Å². The lowest BCUT2D eigenvalue weighted by Gasteiger charge is -2.24. The highest BCUT2D eigenvalue weighted by Crippen LogP contribution is 2.43. The Balaban J connectivity index is 2.26. The molecule has 1 amide bonds. The first-order chi connectivity index (χ1) is 10.8. The molecule has 2 aromatic carbocycles. The average molecular weight is 393 g/mol. The summed E-state index contributed by atoms with van der Waals surface area (Å²) in [6.45, 7) is 0. The third-order valence-electron chi connectivity index (χ3n) is 2.64. The molecule has 0 saturated carbocycles. The largest absolute Gasteiger partial charge is 0.355 e. The second-order valence-electron chi connectivity index (χ2n) is 4.50. The van der Waals surface area contributed by atoms with Gasteiger partial charge in [-0.15, -0.1) is 0 Å². The molecule has 9 heteroatoms. The first-order valence-corrected chi connectivity index (χ1v) is 9.29. The fourth-order valence-electron chi connectivity index (χ4n) is 1.68. The molecule has 0 saturated heterocycles. The number of carbonyl (C=O) groups is 1. The number of para-hydroxylation sites is 2. The number of nitrogens with one attached hydrogen (secondary N) is 3. The van der Waals surface area contributed by atoms with Gasteiger partial charge in [0.15, 0.2) is 0 Å². The van der Waals surface area contributed by atoms with Crippen molar-refractivity contribution in [3.05, 3.63) is 60.7 Å². The van der Waals surface area contributed by atoms with Crippen LogP contribution in [0.25, 0.3) is 0 Å². The number of carbonyl (C=O) groups excluding carboxylic acids is 1. The molecule has 0 radical (unpaired) electrons. The van der Waals surface area contributed by atoms with Crippen molar-refractivity contribution in [1.82, 2.24) is 5.09 Å². The number of benzene rings is 2. The van der Waals surface area contributed by atoms with Crippen LogP contribution < -0.4 is 15.3 Å². The number of hydrogen-bond donors (Lipinski definition) is 3. The first kappa shape index (κ1) is 18.0. The Morgan fingerprint density at radius 2 is 1.22 bits per heavy atom. The summed E-state index contributed by atoms with van der Waals surface area (Å²) in [6.07, 6.45) is 0. The van der Waals surface area contributed by atoms with E-state index in [1.165, 1.54) is 0 Å². The van der Waals surface area contributed by atoms with E-state index in [1.807, 2.05) is 0 Å². The number of amides is 1. The van der Waals surface area contributed by atoms with Crippen molar-refractivity contribution in [2.24, 2.45) is 0 Å². The van der Waals surface area contributed by atoms with E-state index < -0.39 is 17.3 Å². The summed E-state index contributed by atoms with van der Waals surface area (Å²) in [5, 5.41) is 7.72. The van der Waals surface area contributed by atoms with Crippen LogP contribution in [0.15, 0.2) is 60.7 Å². The second kappa shape index (κ2) is 7.45. The molecule has 23 heavy (non-hydrogen) atoms. The molecular formula is C14H13Cl3N3O2P. The maximum Gasteiger partial charge on any atom is 0.355 e. The Morgan fingerprint density at radius 1 is 0.826 bits per heavy atom. The van der Waals surface area contributed by atoms with Crippen LogP contribution >= 0.6 is 42.4 Å². The molecule has 0 aliphatic heterocycles.